The Kier molecular flexibility index (Phi) is 4.53. The van der Waals surface area contributed by atoms with Crippen LogP contribution in [0.25, 0.3) is 0 Å². The van der Waals surface area contributed by atoms with Gasteiger partial charge in [-0.3, -0.25) is 4.90 Å². The number of fused-ring (bicyclic) bond motifs is 1. The van der Waals surface area contributed by atoms with Crippen molar-refractivity contribution >= 4 is 5.69 Å². The summed E-state index contributed by atoms with van der Waals surface area (Å²) in [7, 11) is 2.14. The maximum absolute atomic E-state index is 6.10. The lowest BCUT2D eigenvalue weighted by Gasteiger charge is -2.26. The SMILES string of the molecule is CCCC(C)N(C)Cc1cc2c(cc1N)OCCO2. The van der Waals surface area contributed by atoms with Gasteiger partial charge in [0.05, 0.1) is 0 Å². The van der Waals surface area contributed by atoms with Crippen LogP contribution in [-0.4, -0.2) is 31.2 Å². The number of hydrogen-bond acceptors (Lipinski definition) is 4. The van der Waals surface area contributed by atoms with Gasteiger partial charge in [-0.15, -0.1) is 0 Å². The number of hydrogen-bond donors (Lipinski definition) is 1. The largest absolute Gasteiger partial charge is 0.486 e. The van der Waals surface area contributed by atoms with E-state index >= 15 is 0 Å². The highest BCUT2D eigenvalue weighted by Crippen LogP contribution is 2.34. The van der Waals surface area contributed by atoms with E-state index < -0.39 is 0 Å². The molecule has 0 radical (unpaired) electrons. The van der Waals surface area contributed by atoms with Crippen molar-refractivity contribution in [3.8, 4) is 11.5 Å². The van der Waals surface area contributed by atoms with Gasteiger partial charge in [-0.05, 0) is 32.0 Å². The third-order valence-electron chi connectivity index (χ3n) is 3.68. The lowest BCUT2D eigenvalue weighted by Crippen LogP contribution is -2.28. The summed E-state index contributed by atoms with van der Waals surface area (Å²) in [6.07, 6.45) is 2.39. The van der Waals surface area contributed by atoms with Crippen LogP contribution in [0.4, 0.5) is 5.69 Å². The lowest BCUT2D eigenvalue weighted by atomic mass is 10.1. The minimum Gasteiger partial charge on any atom is -0.486 e. The molecule has 0 spiro atoms. The molecule has 4 nitrogen and oxygen atoms in total. The Morgan fingerprint density at radius 3 is 2.53 bits per heavy atom. The number of anilines is 1. The van der Waals surface area contributed by atoms with Gasteiger partial charge >= 0.3 is 0 Å². The fraction of sp³-hybridized carbons (Fsp3) is 0.600. The normalized spacial score (nSPS) is 15.6. The van der Waals surface area contributed by atoms with Gasteiger partial charge in [-0.2, -0.15) is 0 Å². The summed E-state index contributed by atoms with van der Waals surface area (Å²) >= 11 is 0. The number of nitrogens with zero attached hydrogens (tertiary/aromatic N) is 1. The second kappa shape index (κ2) is 6.15. The molecule has 1 aromatic rings. The van der Waals surface area contributed by atoms with Crippen molar-refractivity contribution in [2.45, 2.75) is 39.3 Å². The van der Waals surface area contributed by atoms with Crippen LogP contribution in [0, 0.1) is 0 Å². The lowest BCUT2D eigenvalue weighted by molar-refractivity contribution is 0.171. The van der Waals surface area contributed by atoms with E-state index in [1.165, 1.54) is 12.8 Å². The molecule has 1 unspecified atom stereocenters. The average Bonchev–Trinajstić information content (AvgIpc) is 2.39. The number of nitrogens with two attached hydrogens (primary N) is 1. The van der Waals surface area contributed by atoms with Gasteiger partial charge in [0.2, 0.25) is 0 Å². The summed E-state index contributed by atoms with van der Waals surface area (Å²) in [5.74, 6) is 1.57. The quantitative estimate of drug-likeness (QED) is 0.831. The zero-order valence-electron chi connectivity index (χ0n) is 12.1. The van der Waals surface area contributed by atoms with E-state index in [2.05, 4.69) is 25.8 Å². The minimum absolute atomic E-state index is 0.553. The number of benzene rings is 1. The number of nitrogen functional groups attached to an aromatic ring is 1. The highest BCUT2D eigenvalue weighted by molar-refractivity contribution is 5.58. The van der Waals surface area contributed by atoms with Crippen molar-refractivity contribution in [1.82, 2.24) is 4.90 Å². The fourth-order valence-electron chi connectivity index (χ4n) is 2.35. The van der Waals surface area contributed by atoms with Crippen molar-refractivity contribution in [1.29, 1.82) is 0 Å². The Morgan fingerprint density at radius 2 is 1.89 bits per heavy atom. The zero-order chi connectivity index (χ0) is 13.8. The molecule has 0 aromatic heterocycles. The van der Waals surface area contributed by atoms with Gasteiger partial charge in [-0.1, -0.05) is 13.3 Å². The first kappa shape index (κ1) is 14.0. The van der Waals surface area contributed by atoms with Crippen LogP contribution in [0.5, 0.6) is 11.5 Å². The molecule has 1 aliphatic heterocycles. The Hall–Kier alpha value is -1.42. The molecular formula is C15H24N2O2. The number of ether oxygens (including phenoxy) is 2. The maximum atomic E-state index is 6.10. The van der Waals surface area contributed by atoms with E-state index in [4.69, 9.17) is 15.2 Å². The summed E-state index contributed by atoms with van der Waals surface area (Å²) < 4.78 is 11.1. The van der Waals surface area contributed by atoms with Crippen LogP contribution in [0.15, 0.2) is 12.1 Å². The van der Waals surface area contributed by atoms with Crippen LogP contribution in [0.2, 0.25) is 0 Å². The van der Waals surface area contributed by atoms with Gasteiger partial charge in [0.15, 0.2) is 11.5 Å². The summed E-state index contributed by atoms with van der Waals surface area (Å²) in [4.78, 5) is 2.32. The van der Waals surface area contributed by atoms with E-state index in [0.717, 1.165) is 29.3 Å². The molecule has 0 aliphatic carbocycles. The maximum Gasteiger partial charge on any atom is 0.163 e. The van der Waals surface area contributed by atoms with Crippen molar-refractivity contribution in [2.24, 2.45) is 0 Å². The van der Waals surface area contributed by atoms with Crippen molar-refractivity contribution in [3.05, 3.63) is 17.7 Å². The molecule has 1 aromatic carbocycles. The standard InChI is InChI=1S/C15H24N2O2/c1-4-5-11(2)17(3)10-12-8-14-15(9-13(12)16)19-7-6-18-14/h8-9,11H,4-7,10,16H2,1-3H3. The Balaban J connectivity index is 2.11. The molecule has 0 bridgehead atoms. The second-order valence-electron chi connectivity index (χ2n) is 5.25. The molecule has 0 saturated heterocycles. The first-order valence-corrected chi connectivity index (χ1v) is 7.00. The average molecular weight is 264 g/mol. The van der Waals surface area contributed by atoms with E-state index in [1.807, 2.05) is 12.1 Å². The van der Waals surface area contributed by atoms with Gasteiger partial charge in [0.25, 0.3) is 0 Å². The first-order chi connectivity index (χ1) is 9.11. The van der Waals surface area contributed by atoms with E-state index in [9.17, 15) is 0 Å². The molecule has 0 amide bonds. The van der Waals surface area contributed by atoms with Crippen LogP contribution in [0.1, 0.15) is 32.3 Å². The Morgan fingerprint density at radius 1 is 1.26 bits per heavy atom. The van der Waals surface area contributed by atoms with E-state index in [0.29, 0.717) is 19.3 Å². The Labute approximate surface area is 115 Å². The molecular weight excluding hydrogens is 240 g/mol. The summed E-state index contributed by atoms with van der Waals surface area (Å²) in [5.41, 5.74) is 7.99. The predicted molar refractivity (Wildman–Crippen MR) is 77.7 cm³/mol. The Bertz CT molecular complexity index is 434. The summed E-state index contributed by atoms with van der Waals surface area (Å²) in [6.45, 7) is 6.50. The van der Waals surface area contributed by atoms with Gasteiger partial charge in [-0.25, -0.2) is 0 Å². The summed E-state index contributed by atoms with van der Waals surface area (Å²) in [5, 5.41) is 0. The highest BCUT2D eigenvalue weighted by atomic mass is 16.6. The molecule has 2 rings (SSSR count). The molecule has 4 heteroatoms. The predicted octanol–water partition coefficient (Wildman–Crippen LogP) is 2.66. The van der Waals surface area contributed by atoms with Crippen LogP contribution < -0.4 is 15.2 Å². The zero-order valence-corrected chi connectivity index (χ0v) is 12.1. The first-order valence-electron chi connectivity index (χ1n) is 7.00. The molecule has 19 heavy (non-hydrogen) atoms. The molecule has 2 N–H and O–H groups in total. The van der Waals surface area contributed by atoms with Crippen molar-refractivity contribution in [2.75, 3.05) is 26.0 Å². The van der Waals surface area contributed by atoms with Gasteiger partial charge in [0, 0.05) is 24.3 Å². The van der Waals surface area contributed by atoms with Crippen molar-refractivity contribution in [3.63, 3.8) is 0 Å². The molecule has 0 saturated carbocycles. The van der Waals surface area contributed by atoms with Crippen LogP contribution in [0.3, 0.4) is 0 Å². The van der Waals surface area contributed by atoms with Gasteiger partial charge < -0.3 is 15.2 Å². The van der Waals surface area contributed by atoms with E-state index in [1.54, 1.807) is 0 Å². The third-order valence-corrected chi connectivity index (χ3v) is 3.68. The molecule has 1 heterocycles. The fourth-order valence-corrected chi connectivity index (χ4v) is 2.35. The molecule has 106 valence electrons. The van der Waals surface area contributed by atoms with E-state index in [-0.39, 0.29) is 0 Å². The van der Waals surface area contributed by atoms with Crippen LogP contribution >= 0.6 is 0 Å². The smallest absolute Gasteiger partial charge is 0.163 e. The summed E-state index contributed by atoms with van der Waals surface area (Å²) in [6, 6.07) is 4.44. The topological polar surface area (TPSA) is 47.7 Å². The minimum atomic E-state index is 0.553. The highest BCUT2D eigenvalue weighted by Gasteiger charge is 2.16. The molecule has 0 fully saturated rings. The molecule has 1 atom stereocenters. The van der Waals surface area contributed by atoms with Crippen molar-refractivity contribution < 1.29 is 9.47 Å². The third kappa shape index (κ3) is 3.32. The second-order valence-corrected chi connectivity index (χ2v) is 5.25. The monoisotopic (exact) mass is 264 g/mol. The molecule has 1 aliphatic rings. The van der Waals surface area contributed by atoms with Crippen LogP contribution in [-0.2, 0) is 6.54 Å². The van der Waals surface area contributed by atoms with Gasteiger partial charge in [0.1, 0.15) is 13.2 Å². The number of rotatable bonds is 5.